The van der Waals surface area contributed by atoms with Crippen LogP contribution in [0.2, 0.25) is 0 Å². The quantitative estimate of drug-likeness (QED) is 0.329. The molecule has 164 valence electrons. The van der Waals surface area contributed by atoms with Crippen molar-refractivity contribution < 1.29 is 21.6 Å². The van der Waals surface area contributed by atoms with Gasteiger partial charge < -0.3 is 4.42 Å². The lowest BCUT2D eigenvalue weighted by molar-refractivity contribution is 0.337. The molecule has 1 fully saturated rings. The molecule has 1 aliphatic heterocycles. The average molecular weight is 519 g/mol. The van der Waals surface area contributed by atoms with E-state index in [9.17, 15) is 17.2 Å². The zero-order valence-electron chi connectivity index (χ0n) is 16.6. The van der Waals surface area contributed by atoms with Gasteiger partial charge in [0.15, 0.2) is 5.58 Å². The van der Waals surface area contributed by atoms with Crippen LogP contribution in [0.25, 0.3) is 22.2 Å². The molecule has 3 aromatic carbocycles. The van der Waals surface area contributed by atoms with Crippen molar-refractivity contribution in [2.45, 2.75) is 23.8 Å². The Labute approximate surface area is 191 Å². The average Bonchev–Trinajstić information content (AvgIpc) is 3.41. The molecule has 1 unspecified atom stereocenters. The molecule has 32 heavy (non-hydrogen) atoms. The standard InChI is InChI=1S/C23H17BrF2N2O3S/c24-15-4-7-17(8-5-15)32(29,30)28-11-1-2-21(28)23-27-20-12-14(3-10-22(20)31-23)18-9-6-16(25)13-19(18)26/h3-10,12-13,21H,1-2,11H2. The van der Waals surface area contributed by atoms with Gasteiger partial charge in [0.05, 0.1) is 4.90 Å². The molecule has 0 bridgehead atoms. The second-order valence-corrected chi connectivity index (χ2v) is 10.4. The first kappa shape index (κ1) is 21.2. The van der Waals surface area contributed by atoms with Crippen LogP contribution in [0.1, 0.15) is 24.8 Å². The van der Waals surface area contributed by atoms with Gasteiger partial charge in [0.1, 0.15) is 23.2 Å². The second-order valence-electron chi connectivity index (χ2n) is 7.59. The lowest BCUT2D eigenvalue weighted by Gasteiger charge is -2.21. The topological polar surface area (TPSA) is 63.4 Å². The van der Waals surface area contributed by atoms with Crippen LogP contribution < -0.4 is 0 Å². The molecular formula is C23H17BrF2N2O3S. The molecule has 0 aliphatic carbocycles. The number of aromatic nitrogens is 1. The highest BCUT2D eigenvalue weighted by Crippen LogP contribution is 2.38. The third-order valence-electron chi connectivity index (χ3n) is 5.56. The largest absolute Gasteiger partial charge is 0.439 e. The van der Waals surface area contributed by atoms with E-state index in [1.165, 1.54) is 16.4 Å². The molecule has 0 N–H and O–H groups in total. The van der Waals surface area contributed by atoms with Crippen molar-refractivity contribution in [3.8, 4) is 11.1 Å². The highest BCUT2D eigenvalue weighted by molar-refractivity contribution is 9.10. The minimum atomic E-state index is -3.72. The minimum absolute atomic E-state index is 0.206. The fourth-order valence-corrected chi connectivity index (χ4v) is 5.91. The third-order valence-corrected chi connectivity index (χ3v) is 8.01. The molecule has 2 heterocycles. The number of sulfonamides is 1. The van der Waals surface area contributed by atoms with Gasteiger partial charge in [0, 0.05) is 22.6 Å². The first-order valence-corrected chi connectivity index (χ1v) is 12.2. The van der Waals surface area contributed by atoms with Crippen LogP contribution in [0.3, 0.4) is 0 Å². The molecule has 5 rings (SSSR count). The van der Waals surface area contributed by atoms with Gasteiger partial charge in [-0.25, -0.2) is 22.2 Å². The van der Waals surface area contributed by atoms with Gasteiger partial charge >= 0.3 is 0 Å². The van der Waals surface area contributed by atoms with E-state index in [0.717, 1.165) is 10.5 Å². The maximum atomic E-state index is 14.2. The van der Waals surface area contributed by atoms with Gasteiger partial charge in [-0.05, 0) is 66.9 Å². The number of halogens is 3. The molecule has 1 atom stereocenters. The van der Waals surface area contributed by atoms with Gasteiger partial charge in [0.2, 0.25) is 15.9 Å². The van der Waals surface area contributed by atoms with Crippen LogP contribution >= 0.6 is 15.9 Å². The number of nitrogens with zero attached hydrogens (tertiary/aromatic N) is 2. The van der Waals surface area contributed by atoms with E-state index >= 15 is 0 Å². The molecule has 1 saturated heterocycles. The van der Waals surface area contributed by atoms with E-state index in [0.29, 0.717) is 41.9 Å². The maximum absolute atomic E-state index is 14.2. The molecule has 9 heteroatoms. The van der Waals surface area contributed by atoms with Crippen molar-refractivity contribution in [3.05, 3.63) is 82.7 Å². The molecule has 0 radical (unpaired) electrons. The Morgan fingerprint density at radius 1 is 1.03 bits per heavy atom. The Morgan fingerprint density at radius 3 is 2.56 bits per heavy atom. The van der Waals surface area contributed by atoms with Crippen molar-refractivity contribution in [2.24, 2.45) is 0 Å². The Bertz CT molecular complexity index is 1420. The number of benzene rings is 3. The van der Waals surface area contributed by atoms with Crippen LogP contribution in [-0.2, 0) is 10.0 Å². The fraction of sp³-hybridized carbons (Fsp3) is 0.174. The summed E-state index contributed by atoms with van der Waals surface area (Å²) in [5, 5.41) is 0. The summed E-state index contributed by atoms with van der Waals surface area (Å²) in [7, 11) is -3.72. The number of hydrogen-bond acceptors (Lipinski definition) is 4. The Balaban J connectivity index is 1.50. The maximum Gasteiger partial charge on any atom is 0.243 e. The monoisotopic (exact) mass is 518 g/mol. The van der Waals surface area contributed by atoms with Crippen molar-refractivity contribution in [1.29, 1.82) is 0 Å². The lowest BCUT2D eigenvalue weighted by Crippen LogP contribution is -2.30. The lowest BCUT2D eigenvalue weighted by atomic mass is 10.0. The first-order chi connectivity index (χ1) is 15.3. The molecule has 1 aromatic heterocycles. The molecule has 4 aromatic rings. The summed E-state index contributed by atoms with van der Waals surface area (Å²) >= 11 is 3.32. The smallest absolute Gasteiger partial charge is 0.243 e. The van der Waals surface area contributed by atoms with E-state index in [1.54, 1.807) is 42.5 Å². The number of rotatable bonds is 4. The molecule has 1 aliphatic rings. The Hall–Kier alpha value is -2.62. The zero-order valence-corrected chi connectivity index (χ0v) is 19.0. The van der Waals surface area contributed by atoms with Crippen LogP contribution in [0.4, 0.5) is 8.78 Å². The SMILES string of the molecule is O=S(=O)(c1ccc(Br)cc1)N1CCCC1c1nc2cc(-c3ccc(F)cc3F)ccc2o1. The number of fused-ring (bicyclic) bond motifs is 1. The predicted octanol–water partition coefficient (Wildman–Crippen LogP) is 6.06. The summed E-state index contributed by atoms with van der Waals surface area (Å²) in [5.41, 5.74) is 1.73. The fourth-order valence-electron chi connectivity index (χ4n) is 4.00. The van der Waals surface area contributed by atoms with E-state index < -0.39 is 27.7 Å². The normalized spacial score (nSPS) is 17.3. The van der Waals surface area contributed by atoms with Crippen molar-refractivity contribution in [1.82, 2.24) is 9.29 Å². The van der Waals surface area contributed by atoms with Crippen molar-refractivity contribution in [2.75, 3.05) is 6.54 Å². The van der Waals surface area contributed by atoms with Gasteiger partial charge in [-0.1, -0.05) is 22.0 Å². The summed E-state index contributed by atoms with van der Waals surface area (Å²) < 4.78 is 62.0. The number of hydrogen-bond donors (Lipinski definition) is 0. The van der Waals surface area contributed by atoms with Crippen molar-refractivity contribution >= 4 is 37.1 Å². The summed E-state index contributed by atoms with van der Waals surface area (Å²) in [4.78, 5) is 4.73. The minimum Gasteiger partial charge on any atom is -0.439 e. The van der Waals surface area contributed by atoms with Crippen LogP contribution in [-0.4, -0.2) is 24.3 Å². The molecule has 0 saturated carbocycles. The van der Waals surface area contributed by atoms with Crippen LogP contribution in [0, 0.1) is 11.6 Å². The number of oxazole rings is 1. The molecule has 5 nitrogen and oxygen atoms in total. The second kappa shape index (κ2) is 8.06. The van der Waals surface area contributed by atoms with Gasteiger partial charge in [-0.15, -0.1) is 0 Å². The molecule has 0 spiro atoms. The van der Waals surface area contributed by atoms with E-state index in [2.05, 4.69) is 20.9 Å². The summed E-state index contributed by atoms with van der Waals surface area (Å²) in [6, 6.07) is 14.3. The van der Waals surface area contributed by atoms with Crippen molar-refractivity contribution in [3.63, 3.8) is 0 Å². The molecular weight excluding hydrogens is 502 g/mol. The summed E-state index contributed by atoms with van der Waals surface area (Å²) in [6.45, 7) is 0.369. The Kier molecular flexibility index (Phi) is 5.35. The highest BCUT2D eigenvalue weighted by Gasteiger charge is 2.39. The summed E-state index contributed by atoms with van der Waals surface area (Å²) in [5.74, 6) is -1.02. The summed E-state index contributed by atoms with van der Waals surface area (Å²) in [6.07, 6.45) is 1.27. The van der Waals surface area contributed by atoms with Crippen LogP contribution in [0.5, 0.6) is 0 Å². The first-order valence-electron chi connectivity index (χ1n) is 9.96. The Morgan fingerprint density at radius 2 is 1.81 bits per heavy atom. The van der Waals surface area contributed by atoms with Gasteiger partial charge in [0.25, 0.3) is 0 Å². The van der Waals surface area contributed by atoms with E-state index in [4.69, 9.17) is 4.42 Å². The van der Waals surface area contributed by atoms with E-state index in [-0.39, 0.29) is 10.5 Å². The van der Waals surface area contributed by atoms with E-state index in [1.807, 2.05) is 0 Å². The third kappa shape index (κ3) is 3.74. The highest BCUT2D eigenvalue weighted by atomic mass is 79.9. The van der Waals surface area contributed by atoms with Crippen LogP contribution in [0.15, 0.2) is 74.4 Å². The molecule has 0 amide bonds. The zero-order chi connectivity index (χ0) is 22.5. The van der Waals surface area contributed by atoms with Gasteiger partial charge in [-0.2, -0.15) is 4.31 Å². The predicted molar refractivity (Wildman–Crippen MR) is 119 cm³/mol. The van der Waals surface area contributed by atoms with Gasteiger partial charge in [-0.3, -0.25) is 0 Å².